The normalized spacial score (nSPS) is 16.6. The van der Waals surface area contributed by atoms with Gasteiger partial charge in [-0.3, -0.25) is 24.1 Å². The van der Waals surface area contributed by atoms with E-state index in [1.165, 1.54) is 76.0 Å². The number of hydrogen-bond acceptors (Lipinski definition) is 7. The van der Waals surface area contributed by atoms with Crippen LogP contribution in [0.5, 0.6) is 0 Å². The molecule has 1 N–H and O–H groups in total. The first-order valence-corrected chi connectivity index (χ1v) is 19.0. The van der Waals surface area contributed by atoms with Gasteiger partial charge in [0.15, 0.2) is 0 Å². The Morgan fingerprint density at radius 2 is 1.48 bits per heavy atom. The van der Waals surface area contributed by atoms with Crippen molar-refractivity contribution in [2.75, 3.05) is 24.2 Å². The third kappa shape index (κ3) is 11.3. The van der Waals surface area contributed by atoms with Gasteiger partial charge in [0, 0.05) is 44.3 Å². The molecule has 4 rings (SSSR count). The van der Waals surface area contributed by atoms with E-state index in [-0.39, 0.29) is 60.9 Å². The highest BCUT2D eigenvalue weighted by Gasteiger charge is 2.38. The van der Waals surface area contributed by atoms with Crippen LogP contribution in [0.1, 0.15) is 127 Å². The number of thioether (sulfide) groups is 1. The second kappa shape index (κ2) is 20.1. The molecule has 1 aliphatic carbocycles. The van der Waals surface area contributed by atoms with Gasteiger partial charge in [0.25, 0.3) is 0 Å². The van der Waals surface area contributed by atoms with E-state index in [0.29, 0.717) is 12.1 Å². The summed E-state index contributed by atoms with van der Waals surface area (Å²) in [6, 6.07) is 13.8. The summed E-state index contributed by atoms with van der Waals surface area (Å²) in [5.74, 6) is -0.231. The Kier molecular flexibility index (Phi) is 15.7. The Morgan fingerprint density at radius 3 is 2.15 bits per heavy atom. The van der Waals surface area contributed by atoms with E-state index in [2.05, 4.69) is 5.32 Å². The minimum Gasteiger partial charge on any atom is -0.465 e. The Bertz CT molecular complexity index is 1390. The van der Waals surface area contributed by atoms with E-state index in [0.717, 1.165) is 53.6 Å². The summed E-state index contributed by atoms with van der Waals surface area (Å²) in [6.45, 7) is 1.70. The monoisotopic (exact) mass is 676 g/mol. The fourth-order valence-corrected chi connectivity index (χ4v) is 7.91. The number of imide groups is 1. The van der Waals surface area contributed by atoms with E-state index >= 15 is 0 Å². The lowest BCUT2D eigenvalue weighted by Gasteiger charge is -2.16. The van der Waals surface area contributed by atoms with Gasteiger partial charge in [-0.15, -0.1) is 11.8 Å². The number of likely N-dealkylation sites (tertiary alicyclic amines) is 1. The molecular formula is C39H52N2O6S. The van der Waals surface area contributed by atoms with Gasteiger partial charge in [-0.25, -0.2) is 0 Å². The number of carbonyl (C=O) groups excluding carboxylic acids is 5. The van der Waals surface area contributed by atoms with Gasteiger partial charge >= 0.3 is 5.97 Å². The van der Waals surface area contributed by atoms with E-state index in [1.54, 1.807) is 11.8 Å². The molecule has 1 heterocycles. The zero-order valence-corrected chi connectivity index (χ0v) is 29.3. The second-order valence-electron chi connectivity index (χ2n) is 13.0. The van der Waals surface area contributed by atoms with Crippen LogP contribution in [0.2, 0.25) is 0 Å². The molecule has 2 unspecified atom stereocenters. The molecule has 3 amide bonds. The van der Waals surface area contributed by atoms with Gasteiger partial charge in [0.2, 0.25) is 17.7 Å². The molecule has 0 saturated carbocycles. The number of carbonyl (C=O) groups is 5. The molecule has 0 bridgehead atoms. The number of amides is 3. The van der Waals surface area contributed by atoms with E-state index in [9.17, 15) is 24.0 Å². The van der Waals surface area contributed by atoms with Gasteiger partial charge < -0.3 is 14.8 Å². The first-order valence-electron chi connectivity index (χ1n) is 17.9. The maximum Gasteiger partial charge on any atom is 0.302 e. The Balaban J connectivity index is 1.09. The van der Waals surface area contributed by atoms with Crippen LogP contribution in [0.25, 0.3) is 11.1 Å². The van der Waals surface area contributed by atoms with Crippen molar-refractivity contribution in [3.8, 4) is 11.1 Å². The quantitative estimate of drug-likeness (QED) is 0.0547. The van der Waals surface area contributed by atoms with Crippen molar-refractivity contribution in [2.45, 2.75) is 121 Å². The van der Waals surface area contributed by atoms with Gasteiger partial charge in [-0.05, 0) is 53.0 Å². The molecule has 0 spiro atoms. The smallest absolute Gasteiger partial charge is 0.302 e. The third-order valence-corrected chi connectivity index (χ3v) is 10.6. The molecule has 1 aliphatic heterocycles. The highest BCUT2D eigenvalue weighted by atomic mass is 32.2. The lowest BCUT2D eigenvalue weighted by Crippen LogP contribution is -2.34. The first kappa shape index (κ1) is 37.4. The van der Waals surface area contributed by atoms with Crippen molar-refractivity contribution in [3.63, 3.8) is 0 Å². The van der Waals surface area contributed by atoms with Crippen LogP contribution in [0.15, 0.2) is 42.5 Å². The molecule has 0 aromatic heterocycles. The van der Waals surface area contributed by atoms with E-state index < -0.39 is 0 Å². The second-order valence-corrected chi connectivity index (χ2v) is 14.4. The Hall–Kier alpha value is -3.46. The predicted octanol–water partition coefficient (Wildman–Crippen LogP) is 8.21. The van der Waals surface area contributed by atoms with Crippen molar-refractivity contribution in [2.24, 2.45) is 0 Å². The van der Waals surface area contributed by atoms with Gasteiger partial charge in [-0.2, -0.15) is 0 Å². The van der Waals surface area contributed by atoms with Crippen molar-refractivity contribution in [1.82, 2.24) is 4.90 Å². The van der Waals surface area contributed by atoms with Crippen LogP contribution in [0, 0.1) is 0 Å². The molecule has 260 valence electrons. The van der Waals surface area contributed by atoms with Crippen LogP contribution < -0.4 is 5.32 Å². The lowest BCUT2D eigenvalue weighted by atomic mass is 9.97. The van der Waals surface area contributed by atoms with Crippen molar-refractivity contribution < 1.29 is 28.7 Å². The molecule has 2 atom stereocenters. The summed E-state index contributed by atoms with van der Waals surface area (Å²) in [4.78, 5) is 61.6. The van der Waals surface area contributed by atoms with Crippen LogP contribution in [0.3, 0.4) is 0 Å². The largest absolute Gasteiger partial charge is 0.465 e. The van der Waals surface area contributed by atoms with Gasteiger partial charge in [0.1, 0.15) is 12.9 Å². The zero-order chi connectivity index (χ0) is 34.1. The van der Waals surface area contributed by atoms with Crippen LogP contribution in [0.4, 0.5) is 5.69 Å². The zero-order valence-electron chi connectivity index (χ0n) is 28.5. The lowest BCUT2D eigenvalue weighted by molar-refractivity contribution is -0.141. The summed E-state index contributed by atoms with van der Waals surface area (Å²) in [7, 11) is 0. The number of anilines is 1. The number of aldehydes is 1. The highest BCUT2D eigenvalue weighted by molar-refractivity contribution is 8.00. The van der Waals surface area contributed by atoms with Crippen molar-refractivity contribution >= 4 is 47.4 Å². The number of ether oxygens (including phenoxy) is 1. The Labute approximate surface area is 290 Å². The molecule has 48 heavy (non-hydrogen) atoms. The number of fused-ring (bicyclic) bond motifs is 3. The molecule has 9 heteroatoms. The highest BCUT2D eigenvalue weighted by Crippen LogP contribution is 2.45. The topological polar surface area (TPSA) is 110 Å². The molecule has 0 radical (unpaired) electrons. The van der Waals surface area contributed by atoms with E-state index in [4.69, 9.17) is 4.74 Å². The molecule has 1 saturated heterocycles. The summed E-state index contributed by atoms with van der Waals surface area (Å²) in [5, 5.41) is 2.57. The summed E-state index contributed by atoms with van der Waals surface area (Å²) < 4.78 is 5.36. The van der Waals surface area contributed by atoms with Crippen molar-refractivity contribution in [1.29, 1.82) is 0 Å². The molecule has 2 aromatic carbocycles. The number of esters is 1. The van der Waals surface area contributed by atoms with Gasteiger partial charge in [-0.1, -0.05) is 101 Å². The average Bonchev–Trinajstić information content (AvgIpc) is 3.53. The summed E-state index contributed by atoms with van der Waals surface area (Å²) in [5.41, 5.74) is 4.84. The molecule has 2 aromatic rings. The molecule has 8 nitrogen and oxygen atoms in total. The number of nitrogens with one attached hydrogen (secondary N) is 1. The van der Waals surface area contributed by atoms with Crippen LogP contribution in [-0.4, -0.2) is 59.0 Å². The number of rotatable bonds is 23. The minimum absolute atomic E-state index is 0.0333. The fraction of sp³-hybridized carbons (Fsp3) is 0.564. The fourth-order valence-electron chi connectivity index (χ4n) is 6.72. The first-order chi connectivity index (χ1) is 23.4. The SMILES string of the molecule is CC(=O)OCC1c2ccccc2-c2ccc(NC(=O)CCN3C(=O)CC(SCCCCCCCCCCCCCCCC=O)C3=O)cc21. The van der Waals surface area contributed by atoms with Crippen LogP contribution in [-0.2, 0) is 28.7 Å². The number of unbranched alkanes of at least 4 members (excludes halogenated alkanes) is 13. The Morgan fingerprint density at radius 1 is 0.854 bits per heavy atom. The maximum atomic E-state index is 13.0. The number of benzene rings is 2. The molecule has 2 aliphatic rings. The maximum absolute atomic E-state index is 13.0. The standard InChI is InChI=1S/C39H52N2O6S/c1-29(43)47-28-35-32-19-15-14-18-31(32)33-21-20-30(26-34(33)35)40-37(44)22-23-41-38(45)27-36(39(41)46)48-25-17-13-11-9-7-5-3-2-4-6-8-10-12-16-24-42/h14-15,18-21,24,26,35-36H,2-13,16-17,22-23,25,27-28H2,1H3,(H,40,44). The summed E-state index contributed by atoms with van der Waals surface area (Å²) in [6.07, 6.45) is 17.9. The minimum atomic E-state index is -0.349. The number of hydrogen-bond donors (Lipinski definition) is 1. The number of nitrogens with zero attached hydrogens (tertiary/aromatic N) is 1. The van der Waals surface area contributed by atoms with Crippen molar-refractivity contribution in [3.05, 3.63) is 53.6 Å². The molecule has 1 fully saturated rings. The van der Waals surface area contributed by atoms with Crippen LogP contribution >= 0.6 is 11.8 Å². The predicted molar refractivity (Wildman–Crippen MR) is 192 cm³/mol. The molecular weight excluding hydrogens is 625 g/mol. The summed E-state index contributed by atoms with van der Waals surface area (Å²) >= 11 is 1.57. The van der Waals surface area contributed by atoms with E-state index in [1.807, 2.05) is 42.5 Å². The van der Waals surface area contributed by atoms with Gasteiger partial charge in [0.05, 0.1) is 5.25 Å². The third-order valence-electron chi connectivity index (χ3n) is 9.34. The average molecular weight is 677 g/mol.